The fraction of sp³-hybridized carbons (Fsp3) is 0.310. The van der Waals surface area contributed by atoms with Gasteiger partial charge in [-0.2, -0.15) is 0 Å². The lowest BCUT2D eigenvalue weighted by Gasteiger charge is -2.27. The van der Waals surface area contributed by atoms with Crippen LogP contribution >= 0.6 is 11.6 Å². The number of hydrogen-bond donors (Lipinski definition) is 2. The van der Waals surface area contributed by atoms with Gasteiger partial charge in [-0.15, -0.1) is 13.2 Å². The zero-order valence-corrected chi connectivity index (χ0v) is 22.8. The van der Waals surface area contributed by atoms with E-state index in [2.05, 4.69) is 10.1 Å². The molecule has 0 radical (unpaired) electrons. The summed E-state index contributed by atoms with van der Waals surface area (Å²) in [5.41, 5.74) is -0.143. The highest BCUT2D eigenvalue weighted by atomic mass is 35.5. The minimum absolute atomic E-state index is 0.155. The minimum atomic E-state index is -4.89. The number of nitrogens with zero attached hydrogens (tertiary/aromatic N) is 1. The highest BCUT2D eigenvalue weighted by molar-refractivity contribution is 6.30. The van der Waals surface area contributed by atoms with E-state index in [4.69, 9.17) is 26.2 Å². The van der Waals surface area contributed by atoms with Crippen molar-refractivity contribution in [2.45, 2.75) is 30.9 Å². The Hall–Kier alpha value is -4.19. The predicted octanol–water partition coefficient (Wildman–Crippen LogP) is 6.18. The lowest BCUT2D eigenvalue weighted by atomic mass is 10.0. The molecule has 1 aliphatic heterocycles. The van der Waals surface area contributed by atoms with E-state index in [-0.39, 0.29) is 18.7 Å². The molecule has 42 heavy (non-hydrogen) atoms. The Morgan fingerprint density at radius 2 is 1.81 bits per heavy atom. The summed E-state index contributed by atoms with van der Waals surface area (Å²) in [6.07, 6.45) is -4.62. The van der Waals surface area contributed by atoms with Crippen LogP contribution in [0.5, 0.6) is 17.2 Å². The molecule has 1 aliphatic carbocycles. The van der Waals surface area contributed by atoms with Crippen molar-refractivity contribution in [1.82, 2.24) is 0 Å². The van der Waals surface area contributed by atoms with Crippen LogP contribution in [-0.2, 0) is 16.0 Å². The summed E-state index contributed by atoms with van der Waals surface area (Å²) in [7, 11) is 1.41. The van der Waals surface area contributed by atoms with Gasteiger partial charge in [0.2, 0.25) is 0 Å². The van der Waals surface area contributed by atoms with Crippen LogP contribution in [0.1, 0.15) is 23.6 Å². The number of carbonyl (C=O) groups is 2. The maximum atomic E-state index is 14.7. The molecule has 1 heterocycles. The summed E-state index contributed by atoms with van der Waals surface area (Å²) in [6.45, 7) is -0.256. The average Bonchev–Trinajstić information content (AvgIpc) is 3.45. The molecule has 1 amide bonds. The molecule has 8 nitrogen and oxygen atoms in total. The van der Waals surface area contributed by atoms with Gasteiger partial charge in [0.05, 0.1) is 18.7 Å². The first-order valence-electron chi connectivity index (χ1n) is 12.8. The van der Waals surface area contributed by atoms with E-state index in [9.17, 15) is 27.2 Å². The number of alkyl halides is 4. The molecule has 13 heteroatoms. The van der Waals surface area contributed by atoms with E-state index >= 15 is 0 Å². The van der Waals surface area contributed by atoms with Crippen molar-refractivity contribution in [1.29, 1.82) is 0 Å². The predicted molar refractivity (Wildman–Crippen MR) is 145 cm³/mol. The van der Waals surface area contributed by atoms with Crippen molar-refractivity contribution >= 4 is 34.9 Å². The van der Waals surface area contributed by atoms with Gasteiger partial charge in [-0.1, -0.05) is 29.8 Å². The van der Waals surface area contributed by atoms with Crippen LogP contribution in [-0.4, -0.2) is 49.3 Å². The SMILES string of the molecule is COc1cc(NC(C(=O)N2CCc3ccc(OC(F)(F)F)cc32)c2ccc(Cl)cc2)cc(OC[C@@]2(F)C[C@@H]2C(=O)O)c1. The molecule has 3 aromatic carbocycles. The molecule has 2 aliphatic rings. The number of halogens is 5. The Morgan fingerprint density at radius 3 is 2.45 bits per heavy atom. The van der Waals surface area contributed by atoms with Gasteiger partial charge >= 0.3 is 12.3 Å². The van der Waals surface area contributed by atoms with Crippen LogP contribution in [0.4, 0.5) is 28.9 Å². The van der Waals surface area contributed by atoms with Crippen LogP contribution in [0.25, 0.3) is 0 Å². The second kappa shape index (κ2) is 11.2. The smallest absolute Gasteiger partial charge is 0.497 e. The van der Waals surface area contributed by atoms with Crippen molar-refractivity contribution in [3.05, 3.63) is 76.8 Å². The number of carbonyl (C=O) groups excluding carboxylic acids is 1. The monoisotopic (exact) mass is 608 g/mol. The Labute approximate surface area is 242 Å². The third-order valence-corrected chi connectivity index (χ3v) is 7.37. The third kappa shape index (κ3) is 6.48. The molecule has 0 saturated heterocycles. The molecule has 1 saturated carbocycles. The Balaban J connectivity index is 1.43. The van der Waals surface area contributed by atoms with E-state index in [0.29, 0.717) is 39.7 Å². The molecule has 0 spiro atoms. The second-order valence-corrected chi connectivity index (χ2v) is 10.5. The quantitative estimate of drug-likeness (QED) is 0.265. The number of nitrogens with one attached hydrogen (secondary N) is 1. The summed E-state index contributed by atoms with van der Waals surface area (Å²) in [4.78, 5) is 26.5. The summed E-state index contributed by atoms with van der Waals surface area (Å²) < 4.78 is 68.2. The number of ether oxygens (including phenoxy) is 3. The molecule has 1 fully saturated rings. The van der Waals surface area contributed by atoms with Crippen molar-refractivity contribution in [2.75, 3.05) is 30.5 Å². The Morgan fingerprint density at radius 1 is 1.10 bits per heavy atom. The first-order chi connectivity index (χ1) is 19.8. The zero-order valence-electron chi connectivity index (χ0n) is 22.1. The summed E-state index contributed by atoms with van der Waals surface area (Å²) in [6, 6.07) is 13.9. The standard InChI is InChI=1S/C29H25ClF4N2O6/c1-40-21-10-19(11-22(12-21)41-15-28(31)14-23(28)27(38)39)35-25(17-2-5-18(30)6-3-17)26(37)36-9-8-16-4-7-20(13-24(16)36)42-29(32,33)34/h2-7,10-13,23,25,35H,8-9,14-15H2,1H3,(H,38,39)/t23-,25?,28+/m1/s1. The fourth-order valence-corrected chi connectivity index (χ4v) is 4.98. The normalized spacial score (nSPS) is 20.0. The molecule has 3 aromatic rings. The van der Waals surface area contributed by atoms with Crippen molar-refractivity contribution in [3.63, 3.8) is 0 Å². The second-order valence-electron chi connectivity index (χ2n) is 10.0. The topological polar surface area (TPSA) is 97.3 Å². The minimum Gasteiger partial charge on any atom is -0.497 e. The number of anilines is 2. The van der Waals surface area contributed by atoms with Gasteiger partial charge in [0.25, 0.3) is 5.91 Å². The van der Waals surface area contributed by atoms with Gasteiger partial charge in [0, 0.05) is 47.9 Å². The van der Waals surface area contributed by atoms with Gasteiger partial charge in [-0.3, -0.25) is 9.59 Å². The maximum absolute atomic E-state index is 14.7. The molecule has 0 aromatic heterocycles. The van der Waals surface area contributed by atoms with Crippen molar-refractivity contribution in [3.8, 4) is 17.2 Å². The molecule has 222 valence electrons. The molecule has 5 rings (SSSR count). The fourth-order valence-electron chi connectivity index (χ4n) is 4.86. The number of rotatable bonds is 10. The number of benzene rings is 3. The first-order valence-corrected chi connectivity index (χ1v) is 13.2. The van der Waals surface area contributed by atoms with Crippen LogP contribution in [0.3, 0.4) is 0 Å². The van der Waals surface area contributed by atoms with E-state index in [1.54, 1.807) is 30.3 Å². The molecule has 3 atom stereocenters. The molecule has 1 unspecified atom stereocenters. The van der Waals surface area contributed by atoms with Crippen LogP contribution in [0.15, 0.2) is 60.7 Å². The van der Waals surface area contributed by atoms with E-state index in [0.717, 1.165) is 0 Å². The molecular formula is C29H25ClF4N2O6. The van der Waals surface area contributed by atoms with Crippen LogP contribution < -0.4 is 24.4 Å². The van der Waals surface area contributed by atoms with Gasteiger partial charge in [-0.25, -0.2) is 4.39 Å². The van der Waals surface area contributed by atoms with Gasteiger partial charge in [0.15, 0.2) is 5.67 Å². The summed E-state index contributed by atoms with van der Waals surface area (Å²) in [5.74, 6) is -2.80. The Kier molecular flexibility index (Phi) is 7.84. The highest BCUT2D eigenvalue weighted by Crippen LogP contribution is 2.48. The first kappa shape index (κ1) is 29.3. The van der Waals surface area contributed by atoms with Crippen molar-refractivity contribution in [2.24, 2.45) is 5.92 Å². The zero-order chi connectivity index (χ0) is 30.2. The number of carboxylic acids is 1. The number of carboxylic acid groups (broad SMARTS) is 1. The van der Waals surface area contributed by atoms with E-state index < -0.39 is 48.2 Å². The molecule has 2 N–H and O–H groups in total. The number of methoxy groups -OCH3 is 1. The van der Waals surface area contributed by atoms with Crippen LogP contribution in [0, 0.1) is 5.92 Å². The lowest BCUT2D eigenvalue weighted by molar-refractivity contribution is -0.274. The van der Waals surface area contributed by atoms with Gasteiger partial charge in [0.1, 0.15) is 29.9 Å². The average molecular weight is 609 g/mol. The van der Waals surface area contributed by atoms with Crippen molar-refractivity contribution < 1.29 is 46.5 Å². The van der Waals surface area contributed by atoms with E-state index in [1.165, 1.54) is 42.3 Å². The number of hydrogen-bond acceptors (Lipinski definition) is 6. The largest absolute Gasteiger partial charge is 0.573 e. The number of aliphatic carboxylic acids is 1. The van der Waals surface area contributed by atoms with Gasteiger partial charge in [-0.05, 0) is 35.7 Å². The summed E-state index contributed by atoms with van der Waals surface area (Å²) in [5, 5.41) is 12.6. The lowest BCUT2D eigenvalue weighted by Crippen LogP contribution is -2.37. The van der Waals surface area contributed by atoms with E-state index in [1.807, 2.05) is 0 Å². The molecular weight excluding hydrogens is 584 g/mol. The van der Waals surface area contributed by atoms with Gasteiger partial charge < -0.3 is 29.5 Å². The summed E-state index contributed by atoms with van der Waals surface area (Å²) >= 11 is 6.07. The third-order valence-electron chi connectivity index (χ3n) is 7.11. The highest BCUT2D eigenvalue weighted by Gasteiger charge is 2.61. The Bertz CT molecular complexity index is 1500. The molecule has 0 bridgehead atoms. The maximum Gasteiger partial charge on any atom is 0.573 e. The van der Waals surface area contributed by atoms with Crippen LogP contribution in [0.2, 0.25) is 5.02 Å². The number of amides is 1. The number of fused-ring (bicyclic) bond motifs is 1.